The first-order valence-corrected chi connectivity index (χ1v) is 6.86. The molecule has 0 spiro atoms. The third kappa shape index (κ3) is 6.55. The third-order valence-electron chi connectivity index (χ3n) is 0.871. The van der Waals surface area contributed by atoms with E-state index in [9.17, 15) is 0 Å². The average molecular weight is 210 g/mol. The largest absolute Gasteiger partial charge is 0.441 e. The highest BCUT2D eigenvalue weighted by molar-refractivity contribution is 6.64. The van der Waals surface area contributed by atoms with Crippen molar-refractivity contribution < 1.29 is 4.74 Å². The Morgan fingerprint density at radius 3 is 2.27 bits per heavy atom. The average Bonchev–Trinajstić information content (AvgIpc) is 1.98. The molecule has 0 aromatic rings. The maximum absolute atomic E-state index is 5.51. The van der Waals surface area contributed by atoms with Gasteiger partial charge in [0.05, 0.1) is 11.8 Å². The van der Waals surface area contributed by atoms with Crippen molar-refractivity contribution in [1.82, 2.24) is 0 Å². The Hall–Kier alpha value is 0.157. The molecule has 0 saturated carbocycles. The molecule has 0 N–H and O–H groups in total. The van der Waals surface area contributed by atoms with E-state index in [1.165, 1.54) is 0 Å². The molecular weight excluding hydrogens is 199 g/mol. The van der Waals surface area contributed by atoms with Gasteiger partial charge in [0, 0.05) is 0 Å². The van der Waals surface area contributed by atoms with E-state index in [2.05, 4.69) is 24.7 Å². The molecule has 0 heterocycles. The molecule has 0 aliphatic rings. The molecule has 0 saturated heterocycles. The van der Waals surface area contributed by atoms with Crippen molar-refractivity contribution in [3.63, 3.8) is 0 Å². The van der Waals surface area contributed by atoms with Crippen molar-refractivity contribution in [2.45, 2.75) is 19.2 Å². The van der Waals surface area contributed by atoms with Crippen LogP contribution in [0, 0.1) is 11.7 Å². The summed E-state index contributed by atoms with van der Waals surface area (Å²) in [7, 11) is -0.519. The molecule has 0 aliphatic carbocycles. The Kier molecular flexibility index (Phi) is 6.94. The lowest BCUT2D eigenvalue weighted by Gasteiger charge is -2.05. The molecule has 0 fully saturated rings. The molecule has 0 atom stereocenters. The Bertz CT molecular complexity index is 146. The number of ether oxygens (including phenoxy) is 1. The van der Waals surface area contributed by atoms with Crippen LogP contribution in [0.25, 0.3) is 0 Å². The minimum absolute atomic E-state index is 0.132. The lowest BCUT2D eigenvalue weighted by molar-refractivity contribution is 0.210. The molecule has 1 radical (unpaired) electrons. The predicted molar refractivity (Wildman–Crippen MR) is 51.6 cm³/mol. The molecule has 0 rings (SSSR count). The second-order valence-corrected chi connectivity index (χ2v) is 5.14. The van der Waals surface area contributed by atoms with Crippen LogP contribution in [0.4, 0.5) is 0 Å². The van der Waals surface area contributed by atoms with E-state index in [-0.39, 0.29) is 6.10 Å². The van der Waals surface area contributed by atoms with Crippen LogP contribution in [-0.2, 0) is 4.74 Å². The lowest BCUT2D eigenvalue weighted by Crippen LogP contribution is -2.13. The fourth-order valence-electron chi connectivity index (χ4n) is 0.319. The van der Waals surface area contributed by atoms with Crippen molar-refractivity contribution >= 4 is 32.0 Å². The van der Waals surface area contributed by atoms with Crippen LogP contribution in [0.5, 0.6) is 0 Å². The van der Waals surface area contributed by atoms with Crippen molar-refractivity contribution in [2.24, 2.45) is 0 Å². The summed E-state index contributed by atoms with van der Waals surface area (Å²) in [6, 6.07) is 0. The molecule has 11 heavy (non-hydrogen) atoms. The molecule has 4 heteroatoms. The second kappa shape index (κ2) is 6.84. The molecule has 0 aromatic carbocycles. The van der Waals surface area contributed by atoms with E-state index in [1.807, 2.05) is 0 Å². The van der Waals surface area contributed by atoms with Gasteiger partial charge in [-0.15, -0.1) is 23.2 Å². The molecule has 0 aromatic heterocycles. The van der Waals surface area contributed by atoms with Gasteiger partial charge in [-0.2, -0.15) is 0 Å². The summed E-state index contributed by atoms with van der Waals surface area (Å²) in [5, 5.41) is 0. The van der Waals surface area contributed by atoms with Crippen LogP contribution in [0.1, 0.15) is 0 Å². The predicted octanol–water partition coefficient (Wildman–Crippen LogP) is 2.10. The van der Waals surface area contributed by atoms with Crippen LogP contribution >= 0.6 is 23.2 Å². The quantitative estimate of drug-likeness (QED) is 0.394. The molecule has 0 unspecified atom stereocenters. The van der Waals surface area contributed by atoms with Crippen LogP contribution in [0.15, 0.2) is 0 Å². The zero-order valence-electron chi connectivity index (χ0n) is 6.66. The summed E-state index contributed by atoms with van der Waals surface area (Å²) < 4.78 is 5.05. The molecule has 0 bridgehead atoms. The smallest absolute Gasteiger partial charge is 0.142 e. The monoisotopic (exact) mass is 209 g/mol. The summed E-state index contributed by atoms with van der Waals surface area (Å²) in [4.78, 5) is 0. The van der Waals surface area contributed by atoms with E-state index >= 15 is 0 Å². The molecule has 0 amide bonds. The summed E-state index contributed by atoms with van der Waals surface area (Å²) in [5.41, 5.74) is 2.96. The first-order valence-electron chi connectivity index (χ1n) is 3.29. The zero-order chi connectivity index (χ0) is 8.69. The van der Waals surface area contributed by atoms with E-state index in [1.54, 1.807) is 0 Å². The maximum atomic E-state index is 5.51. The summed E-state index contributed by atoms with van der Waals surface area (Å²) in [5.74, 6) is 0.793. The van der Waals surface area contributed by atoms with Crippen molar-refractivity contribution in [2.75, 3.05) is 11.8 Å². The number of hydrogen-bond donors (Lipinski definition) is 0. The van der Waals surface area contributed by atoms with E-state index in [4.69, 9.17) is 27.9 Å². The van der Waals surface area contributed by atoms with Gasteiger partial charge in [-0.05, 0) is 0 Å². The topological polar surface area (TPSA) is 9.23 Å². The fourth-order valence-corrected chi connectivity index (χ4v) is 1.04. The van der Waals surface area contributed by atoms with Gasteiger partial charge in [0.25, 0.3) is 0 Å². The van der Waals surface area contributed by atoms with E-state index in [0.29, 0.717) is 11.8 Å². The fraction of sp³-hybridized carbons (Fsp3) is 0.714. The number of alkyl halides is 2. The SMILES string of the molecule is C[Si](C)C#COC(CCl)CCl. The van der Waals surface area contributed by atoms with Crippen LogP contribution in [0.3, 0.4) is 0 Å². The van der Waals surface area contributed by atoms with E-state index in [0.717, 1.165) is 0 Å². The van der Waals surface area contributed by atoms with Gasteiger partial charge in [-0.1, -0.05) is 18.6 Å². The maximum Gasteiger partial charge on any atom is 0.142 e. The summed E-state index contributed by atoms with van der Waals surface area (Å²) in [6.07, 6.45) is 2.48. The lowest BCUT2D eigenvalue weighted by atomic mass is 10.5. The van der Waals surface area contributed by atoms with E-state index < -0.39 is 8.80 Å². The Morgan fingerprint density at radius 2 is 1.91 bits per heavy atom. The van der Waals surface area contributed by atoms with Gasteiger partial charge in [0.2, 0.25) is 0 Å². The van der Waals surface area contributed by atoms with Gasteiger partial charge >= 0.3 is 0 Å². The van der Waals surface area contributed by atoms with Gasteiger partial charge < -0.3 is 4.74 Å². The van der Waals surface area contributed by atoms with Crippen LogP contribution in [-0.4, -0.2) is 26.7 Å². The van der Waals surface area contributed by atoms with Crippen LogP contribution < -0.4 is 0 Å². The zero-order valence-corrected chi connectivity index (χ0v) is 9.17. The Balaban J connectivity index is 3.60. The summed E-state index contributed by atoms with van der Waals surface area (Å²) >= 11 is 11.0. The first kappa shape index (κ1) is 11.2. The molecular formula is C7H11Cl2OSi. The van der Waals surface area contributed by atoms with Crippen molar-refractivity contribution in [3.8, 4) is 11.7 Å². The molecule has 1 nitrogen and oxygen atoms in total. The Labute approximate surface area is 79.6 Å². The highest BCUT2D eigenvalue weighted by Crippen LogP contribution is 1.96. The van der Waals surface area contributed by atoms with Gasteiger partial charge in [0.15, 0.2) is 0 Å². The Morgan fingerprint density at radius 1 is 1.36 bits per heavy atom. The van der Waals surface area contributed by atoms with Gasteiger partial charge in [0.1, 0.15) is 21.0 Å². The highest BCUT2D eigenvalue weighted by Gasteiger charge is 2.03. The third-order valence-corrected chi connectivity index (χ3v) is 2.16. The van der Waals surface area contributed by atoms with Gasteiger partial charge in [-0.3, -0.25) is 0 Å². The minimum Gasteiger partial charge on any atom is -0.441 e. The standard InChI is InChI=1S/C7H11Cl2OSi/c1-11(2)4-3-10-7(5-8)6-9/h7H,5-6H2,1-2H3. The molecule has 0 aliphatic heterocycles. The highest BCUT2D eigenvalue weighted by atomic mass is 35.5. The minimum atomic E-state index is -0.519. The van der Waals surface area contributed by atoms with Crippen molar-refractivity contribution in [1.29, 1.82) is 0 Å². The second-order valence-electron chi connectivity index (χ2n) is 2.28. The first-order chi connectivity index (χ1) is 5.20. The molecule has 63 valence electrons. The summed E-state index contributed by atoms with van der Waals surface area (Å²) in [6.45, 7) is 4.19. The number of rotatable bonds is 3. The number of hydrogen-bond acceptors (Lipinski definition) is 1. The van der Waals surface area contributed by atoms with Gasteiger partial charge in [-0.25, -0.2) is 0 Å². The number of halogens is 2. The normalized spacial score (nSPS) is 9.64. The van der Waals surface area contributed by atoms with Crippen molar-refractivity contribution in [3.05, 3.63) is 0 Å². The van der Waals surface area contributed by atoms with Crippen LogP contribution in [0.2, 0.25) is 13.1 Å².